The number of unbranched alkanes of at least 4 members (excludes halogenated alkanes) is 1. The number of hydrogen-bond donors (Lipinski definition) is 1. The van der Waals surface area contributed by atoms with E-state index < -0.39 is 41.7 Å². The zero-order valence-electron chi connectivity index (χ0n) is 17.2. The number of ether oxygens (including phenoxy) is 1. The maximum absolute atomic E-state index is 13.6. The maximum Gasteiger partial charge on any atom is 0.460 e. The lowest BCUT2D eigenvalue weighted by Crippen LogP contribution is -2.71. The summed E-state index contributed by atoms with van der Waals surface area (Å²) in [6.07, 6.45) is -5.49. The third-order valence-electron chi connectivity index (χ3n) is 4.24. The molecule has 1 aromatic carbocycles. The van der Waals surface area contributed by atoms with E-state index in [-0.39, 0.29) is 5.56 Å². The molecule has 1 aromatic rings. The molecule has 0 radical (unpaired) electrons. The molecule has 1 amide bonds. The maximum atomic E-state index is 13.6. The first kappa shape index (κ1) is 30.3. The van der Waals surface area contributed by atoms with Gasteiger partial charge in [-0.3, -0.25) is 4.79 Å². The molecule has 0 aliphatic rings. The summed E-state index contributed by atoms with van der Waals surface area (Å²) >= 11 is 0. The number of rotatable bonds is 11. The summed E-state index contributed by atoms with van der Waals surface area (Å²) in [5.41, 5.74) is 0.599. The Bertz CT molecular complexity index is 897. The minimum Gasteiger partial charge on any atom is -0.494 e. The third kappa shape index (κ3) is 5.58. The Labute approximate surface area is 188 Å². The molecule has 0 aliphatic carbocycles. The van der Waals surface area contributed by atoms with Crippen molar-refractivity contribution in [3.63, 3.8) is 0 Å². The minimum atomic E-state index is -8.09. The van der Waals surface area contributed by atoms with Gasteiger partial charge in [0.15, 0.2) is 0 Å². The molecule has 1 rings (SSSR count). The lowest BCUT2D eigenvalue weighted by molar-refractivity contribution is -0.436. The molecule has 0 saturated carbocycles. The molecule has 0 bridgehead atoms. The SMILES string of the molecule is CCCCOc1ccc(/C=N\NC(=O)C(F)(F)C(F)(F)C(F)(F)C(F)(F)C(F)(F)C(F)(F)F)cc1. The molecule has 0 aliphatic heterocycles. The van der Waals surface area contributed by atoms with Gasteiger partial charge < -0.3 is 4.74 Å². The molecule has 35 heavy (non-hydrogen) atoms. The average molecular weight is 538 g/mol. The van der Waals surface area contributed by atoms with Crippen LogP contribution < -0.4 is 10.2 Å². The van der Waals surface area contributed by atoms with Gasteiger partial charge in [-0.25, -0.2) is 5.43 Å². The van der Waals surface area contributed by atoms with E-state index in [0.717, 1.165) is 6.42 Å². The molecular weight excluding hydrogens is 523 g/mol. The van der Waals surface area contributed by atoms with Crippen LogP contribution in [0.2, 0.25) is 0 Å². The second kappa shape index (κ2) is 10.1. The van der Waals surface area contributed by atoms with Gasteiger partial charge in [-0.2, -0.15) is 62.2 Å². The van der Waals surface area contributed by atoms with E-state index in [9.17, 15) is 61.9 Å². The molecule has 4 nitrogen and oxygen atoms in total. The summed E-state index contributed by atoms with van der Waals surface area (Å²) in [5.74, 6) is -41.8. The molecule has 200 valence electrons. The van der Waals surface area contributed by atoms with Gasteiger partial charge in [-0.15, -0.1) is 0 Å². The van der Waals surface area contributed by atoms with Gasteiger partial charge in [0.2, 0.25) is 0 Å². The van der Waals surface area contributed by atoms with E-state index in [4.69, 9.17) is 4.74 Å². The van der Waals surface area contributed by atoms with Gasteiger partial charge in [0.25, 0.3) is 0 Å². The molecule has 1 N–H and O–H groups in total. The van der Waals surface area contributed by atoms with Crippen molar-refractivity contribution in [3.05, 3.63) is 29.8 Å². The van der Waals surface area contributed by atoms with Crippen molar-refractivity contribution in [3.8, 4) is 5.75 Å². The Kier molecular flexibility index (Phi) is 8.72. The summed E-state index contributed by atoms with van der Waals surface area (Å²) in [7, 11) is 0. The van der Waals surface area contributed by atoms with Crippen molar-refractivity contribution in [2.45, 2.75) is 55.6 Å². The molecule has 0 spiro atoms. The molecule has 0 heterocycles. The first-order chi connectivity index (χ1) is 15.7. The predicted molar refractivity (Wildman–Crippen MR) is 93.4 cm³/mol. The van der Waals surface area contributed by atoms with Crippen LogP contribution in [0, 0.1) is 0 Å². The first-order valence-electron chi connectivity index (χ1n) is 9.20. The third-order valence-corrected chi connectivity index (χ3v) is 4.24. The number of carbonyl (C=O) groups excluding carboxylic acids is 1. The van der Waals surface area contributed by atoms with Gasteiger partial charge >= 0.3 is 41.7 Å². The Morgan fingerprint density at radius 1 is 0.829 bits per heavy atom. The van der Waals surface area contributed by atoms with Crippen molar-refractivity contribution in [2.75, 3.05) is 6.61 Å². The number of carbonyl (C=O) groups is 1. The van der Waals surface area contributed by atoms with Crippen LogP contribution in [0.15, 0.2) is 29.4 Å². The average Bonchev–Trinajstić information content (AvgIpc) is 2.73. The number of alkyl halides is 13. The zero-order valence-corrected chi connectivity index (χ0v) is 17.2. The Morgan fingerprint density at radius 3 is 1.77 bits per heavy atom. The van der Waals surface area contributed by atoms with Crippen LogP contribution in [-0.2, 0) is 4.79 Å². The second-order valence-corrected chi connectivity index (χ2v) is 6.84. The fourth-order valence-electron chi connectivity index (χ4n) is 2.13. The molecule has 0 fully saturated rings. The van der Waals surface area contributed by atoms with Crippen molar-refractivity contribution in [1.82, 2.24) is 5.43 Å². The minimum absolute atomic E-state index is 0.00935. The summed E-state index contributed by atoms with van der Waals surface area (Å²) in [6.45, 7) is 2.24. The van der Waals surface area contributed by atoms with Crippen LogP contribution in [0.3, 0.4) is 0 Å². The summed E-state index contributed by atoms with van der Waals surface area (Å²) in [5, 5.41) is 2.72. The molecular formula is C18H15F13N2O2. The number of hydrogen-bond acceptors (Lipinski definition) is 3. The number of nitrogens with one attached hydrogen (secondary N) is 1. The highest BCUT2D eigenvalue weighted by molar-refractivity contribution is 5.87. The largest absolute Gasteiger partial charge is 0.494 e. The Balaban J connectivity index is 3.07. The predicted octanol–water partition coefficient (Wildman–Crippen LogP) is 6.05. The summed E-state index contributed by atoms with van der Waals surface area (Å²) < 4.78 is 174. The molecule has 0 atom stereocenters. The second-order valence-electron chi connectivity index (χ2n) is 6.84. The molecule has 17 heteroatoms. The molecule has 0 unspecified atom stereocenters. The lowest BCUT2D eigenvalue weighted by atomic mass is 9.93. The van der Waals surface area contributed by atoms with Crippen LogP contribution >= 0.6 is 0 Å². The molecule has 0 aromatic heterocycles. The number of benzene rings is 1. The number of nitrogens with zero attached hydrogens (tertiary/aromatic N) is 1. The monoisotopic (exact) mass is 538 g/mol. The van der Waals surface area contributed by atoms with Crippen LogP contribution in [0.1, 0.15) is 25.3 Å². The van der Waals surface area contributed by atoms with Gasteiger partial charge in [0.1, 0.15) is 5.75 Å². The quantitative estimate of drug-likeness (QED) is 0.161. The van der Waals surface area contributed by atoms with Gasteiger partial charge in [0.05, 0.1) is 12.8 Å². The number of amides is 1. The van der Waals surface area contributed by atoms with Gasteiger partial charge in [-0.05, 0) is 36.2 Å². The van der Waals surface area contributed by atoms with E-state index in [1.54, 1.807) is 0 Å². The lowest BCUT2D eigenvalue weighted by Gasteiger charge is -2.38. The van der Waals surface area contributed by atoms with Gasteiger partial charge in [-0.1, -0.05) is 13.3 Å². The molecule has 0 saturated heterocycles. The highest BCUT2D eigenvalue weighted by Gasteiger charge is 2.91. The standard InChI is InChI=1S/C18H15F13N2O2/c1-2-3-8-35-11-6-4-10(5-7-11)9-32-33-12(34)13(19,20)14(21,22)15(23,24)16(25,26)17(27,28)18(29,30)31/h4-7,9H,2-3,8H2,1H3,(H,33,34)/b32-9-. The van der Waals surface area contributed by atoms with Crippen molar-refractivity contribution < 1.29 is 66.6 Å². The summed E-state index contributed by atoms with van der Waals surface area (Å²) in [6, 6.07) is 5.06. The topological polar surface area (TPSA) is 50.7 Å². The normalized spacial score (nSPS) is 14.3. The van der Waals surface area contributed by atoms with Crippen molar-refractivity contribution in [1.29, 1.82) is 0 Å². The highest BCUT2D eigenvalue weighted by atomic mass is 19.4. The fourth-order valence-corrected chi connectivity index (χ4v) is 2.13. The number of halogens is 13. The highest BCUT2D eigenvalue weighted by Crippen LogP contribution is 2.60. The summed E-state index contributed by atoms with van der Waals surface area (Å²) in [4.78, 5) is 11.3. The fraction of sp³-hybridized carbons (Fsp3) is 0.556. The van der Waals surface area contributed by atoms with Crippen LogP contribution in [0.5, 0.6) is 5.75 Å². The van der Waals surface area contributed by atoms with E-state index in [2.05, 4.69) is 5.10 Å². The van der Waals surface area contributed by atoms with E-state index >= 15 is 0 Å². The Morgan fingerprint density at radius 2 is 1.31 bits per heavy atom. The van der Waals surface area contributed by atoms with Gasteiger partial charge in [0, 0.05) is 0 Å². The van der Waals surface area contributed by atoms with E-state index in [1.807, 2.05) is 6.92 Å². The van der Waals surface area contributed by atoms with Crippen molar-refractivity contribution >= 4 is 12.1 Å². The number of hydrazone groups is 1. The van der Waals surface area contributed by atoms with Crippen LogP contribution in [0.25, 0.3) is 0 Å². The zero-order chi connectivity index (χ0) is 27.5. The van der Waals surface area contributed by atoms with Crippen molar-refractivity contribution in [2.24, 2.45) is 5.10 Å². The van der Waals surface area contributed by atoms with Crippen LogP contribution in [-0.4, -0.2) is 54.5 Å². The first-order valence-corrected chi connectivity index (χ1v) is 9.20. The smallest absolute Gasteiger partial charge is 0.460 e. The van der Waals surface area contributed by atoms with E-state index in [0.29, 0.717) is 30.4 Å². The Hall–Kier alpha value is -2.75. The van der Waals surface area contributed by atoms with Crippen LogP contribution in [0.4, 0.5) is 57.1 Å². The van der Waals surface area contributed by atoms with E-state index in [1.165, 1.54) is 24.3 Å².